The molecule has 0 saturated heterocycles. The van der Waals surface area contributed by atoms with Gasteiger partial charge in [0.05, 0.1) is 11.6 Å². The van der Waals surface area contributed by atoms with E-state index in [1.807, 2.05) is 24.3 Å². The molecule has 2 nitrogen and oxygen atoms in total. The first kappa shape index (κ1) is 20.2. The van der Waals surface area contributed by atoms with E-state index in [9.17, 15) is 0 Å². The fraction of sp³-hybridized carbons (Fsp3) is 0.148. The van der Waals surface area contributed by atoms with Gasteiger partial charge < -0.3 is 4.90 Å². The summed E-state index contributed by atoms with van der Waals surface area (Å²) in [4.78, 5) is 2.34. The Balaban J connectivity index is 1.62. The normalized spacial score (nSPS) is 11.1. The Kier molecular flexibility index (Phi) is 7.03. The SMILES string of the molecule is CCN(CC)c1ccc(/C=C/c2ccc(/C=C/c3ccc(C#N)cc3)cc2)cc1. The third kappa shape index (κ3) is 5.70. The van der Waals surface area contributed by atoms with Crippen LogP contribution in [-0.4, -0.2) is 13.1 Å². The largest absolute Gasteiger partial charge is 0.372 e. The maximum atomic E-state index is 8.86. The summed E-state index contributed by atoms with van der Waals surface area (Å²) in [5.41, 5.74) is 6.56. The Hall–Kier alpha value is -3.57. The zero-order valence-electron chi connectivity index (χ0n) is 17.0. The second-order valence-electron chi connectivity index (χ2n) is 6.83. The van der Waals surface area contributed by atoms with Crippen LogP contribution in [0.4, 0.5) is 5.69 Å². The van der Waals surface area contributed by atoms with Crippen LogP contribution in [0, 0.1) is 11.3 Å². The summed E-state index contributed by atoms with van der Waals surface area (Å²) in [6, 6.07) is 26.9. The van der Waals surface area contributed by atoms with Crippen LogP contribution >= 0.6 is 0 Å². The number of anilines is 1. The first-order valence-corrected chi connectivity index (χ1v) is 10.0. The van der Waals surface area contributed by atoms with Crippen molar-refractivity contribution >= 4 is 30.0 Å². The number of rotatable bonds is 7. The van der Waals surface area contributed by atoms with Crippen LogP contribution in [0.3, 0.4) is 0 Å². The predicted octanol–water partition coefficient (Wildman–Crippen LogP) is 6.75. The molecule has 2 heteroatoms. The summed E-state index contributed by atoms with van der Waals surface area (Å²) in [5, 5.41) is 8.86. The van der Waals surface area contributed by atoms with Crippen LogP contribution in [0.15, 0.2) is 72.8 Å². The van der Waals surface area contributed by atoms with E-state index in [-0.39, 0.29) is 0 Å². The molecule has 0 aliphatic heterocycles. The van der Waals surface area contributed by atoms with Crippen molar-refractivity contribution in [3.05, 3.63) is 101 Å². The molecule has 0 unspecified atom stereocenters. The molecule has 0 spiro atoms. The van der Waals surface area contributed by atoms with Crippen molar-refractivity contribution in [3.8, 4) is 6.07 Å². The molecule has 0 radical (unpaired) electrons. The van der Waals surface area contributed by atoms with Gasteiger partial charge in [0.1, 0.15) is 0 Å². The zero-order valence-corrected chi connectivity index (χ0v) is 17.0. The predicted molar refractivity (Wildman–Crippen MR) is 125 cm³/mol. The number of benzene rings is 3. The van der Waals surface area contributed by atoms with Crippen LogP contribution in [0.1, 0.15) is 41.7 Å². The van der Waals surface area contributed by atoms with Crippen LogP contribution in [0.2, 0.25) is 0 Å². The standard InChI is InChI=1S/C27H26N2/c1-3-29(4-2)27-19-17-25(18-20-27)12-11-23-7-5-22(6-8-23)9-10-24-13-15-26(21-28)16-14-24/h5-20H,3-4H2,1-2H3/b10-9+,12-11+. The number of hydrogen-bond acceptors (Lipinski definition) is 2. The topological polar surface area (TPSA) is 27.0 Å². The van der Waals surface area contributed by atoms with E-state index >= 15 is 0 Å². The molecule has 0 atom stereocenters. The maximum Gasteiger partial charge on any atom is 0.0991 e. The van der Waals surface area contributed by atoms with Gasteiger partial charge in [-0.05, 0) is 60.4 Å². The second kappa shape index (κ2) is 10.1. The molecule has 0 saturated carbocycles. The quantitative estimate of drug-likeness (QED) is 0.425. The molecular weight excluding hydrogens is 352 g/mol. The molecule has 29 heavy (non-hydrogen) atoms. The highest BCUT2D eigenvalue weighted by molar-refractivity contribution is 5.73. The Morgan fingerprint density at radius 2 is 0.966 bits per heavy atom. The lowest BCUT2D eigenvalue weighted by Gasteiger charge is -2.20. The minimum Gasteiger partial charge on any atom is -0.372 e. The molecule has 0 N–H and O–H groups in total. The van der Waals surface area contributed by atoms with E-state index in [2.05, 4.69) is 97.7 Å². The van der Waals surface area contributed by atoms with Gasteiger partial charge in [-0.25, -0.2) is 0 Å². The molecule has 0 heterocycles. The minimum absolute atomic E-state index is 0.681. The summed E-state index contributed by atoms with van der Waals surface area (Å²) in [6.07, 6.45) is 8.43. The van der Waals surface area contributed by atoms with Crippen LogP contribution < -0.4 is 4.90 Å². The molecule has 0 bridgehead atoms. The van der Waals surface area contributed by atoms with Crippen LogP contribution in [0.5, 0.6) is 0 Å². The average Bonchev–Trinajstić information content (AvgIpc) is 2.79. The van der Waals surface area contributed by atoms with E-state index < -0.39 is 0 Å². The van der Waals surface area contributed by atoms with Crippen molar-refractivity contribution in [1.29, 1.82) is 5.26 Å². The van der Waals surface area contributed by atoms with E-state index in [4.69, 9.17) is 5.26 Å². The molecule has 0 fully saturated rings. The van der Waals surface area contributed by atoms with Crippen molar-refractivity contribution in [1.82, 2.24) is 0 Å². The summed E-state index contributed by atoms with van der Waals surface area (Å²) < 4.78 is 0. The first-order chi connectivity index (χ1) is 14.2. The number of nitrogens with zero attached hydrogens (tertiary/aromatic N) is 2. The Morgan fingerprint density at radius 1 is 0.621 bits per heavy atom. The van der Waals surface area contributed by atoms with Gasteiger partial charge in [0.2, 0.25) is 0 Å². The van der Waals surface area contributed by atoms with Gasteiger partial charge in [-0.3, -0.25) is 0 Å². The summed E-state index contributed by atoms with van der Waals surface area (Å²) in [7, 11) is 0. The fourth-order valence-corrected chi connectivity index (χ4v) is 3.16. The highest BCUT2D eigenvalue weighted by atomic mass is 15.1. The fourth-order valence-electron chi connectivity index (χ4n) is 3.16. The highest BCUT2D eigenvalue weighted by Crippen LogP contribution is 2.17. The van der Waals surface area contributed by atoms with Gasteiger partial charge in [0.15, 0.2) is 0 Å². The molecule has 0 aromatic heterocycles. The van der Waals surface area contributed by atoms with E-state index in [1.165, 1.54) is 16.8 Å². The molecule has 3 aromatic carbocycles. The first-order valence-electron chi connectivity index (χ1n) is 10.0. The molecule has 0 amide bonds. The van der Waals surface area contributed by atoms with E-state index in [0.29, 0.717) is 5.56 Å². The van der Waals surface area contributed by atoms with Gasteiger partial charge in [-0.15, -0.1) is 0 Å². The van der Waals surface area contributed by atoms with Gasteiger partial charge in [0.25, 0.3) is 0 Å². The molecule has 0 aliphatic rings. The van der Waals surface area contributed by atoms with Crippen molar-refractivity contribution in [2.24, 2.45) is 0 Å². The van der Waals surface area contributed by atoms with Crippen molar-refractivity contribution in [2.75, 3.05) is 18.0 Å². The third-order valence-corrected chi connectivity index (χ3v) is 4.93. The molecule has 3 aromatic rings. The lowest BCUT2D eigenvalue weighted by atomic mass is 10.1. The van der Waals surface area contributed by atoms with Crippen molar-refractivity contribution < 1.29 is 0 Å². The molecule has 0 aliphatic carbocycles. The van der Waals surface area contributed by atoms with Gasteiger partial charge in [0, 0.05) is 18.8 Å². The van der Waals surface area contributed by atoms with Crippen molar-refractivity contribution in [2.45, 2.75) is 13.8 Å². The van der Waals surface area contributed by atoms with Gasteiger partial charge in [-0.1, -0.05) is 72.8 Å². The molecular formula is C27H26N2. The van der Waals surface area contributed by atoms with Crippen LogP contribution in [-0.2, 0) is 0 Å². The highest BCUT2D eigenvalue weighted by Gasteiger charge is 2.00. The smallest absolute Gasteiger partial charge is 0.0991 e. The zero-order chi connectivity index (χ0) is 20.5. The Bertz CT molecular complexity index is 998. The number of nitriles is 1. The molecule has 144 valence electrons. The van der Waals surface area contributed by atoms with E-state index in [1.54, 1.807) is 0 Å². The molecule has 3 rings (SSSR count). The third-order valence-electron chi connectivity index (χ3n) is 4.93. The minimum atomic E-state index is 0.681. The maximum absolute atomic E-state index is 8.86. The summed E-state index contributed by atoms with van der Waals surface area (Å²) >= 11 is 0. The second-order valence-corrected chi connectivity index (χ2v) is 6.83. The lowest BCUT2D eigenvalue weighted by molar-refractivity contribution is 0.866. The van der Waals surface area contributed by atoms with Gasteiger partial charge >= 0.3 is 0 Å². The Labute approximate surface area is 174 Å². The summed E-state index contributed by atoms with van der Waals surface area (Å²) in [5.74, 6) is 0. The summed E-state index contributed by atoms with van der Waals surface area (Å²) in [6.45, 7) is 6.41. The monoisotopic (exact) mass is 378 g/mol. The lowest BCUT2D eigenvalue weighted by Crippen LogP contribution is -2.21. The van der Waals surface area contributed by atoms with E-state index in [0.717, 1.165) is 24.2 Å². The average molecular weight is 379 g/mol. The number of hydrogen-bond donors (Lipinski definition) is 0. The van der Waals surface area contributed by atoms with Crippen molar-refractivity contribution in [3.63, 3.8) is 0 Å². The Morgan fingerprint density at radius 3 is 1.31 bits per heavy atom. The van der Waals surface area contributed by atoms with Gasteiger partial charge in [-0.2, -0.15) is 5.26 Å². The van der Waals surface area contributed by atoms with Crippen LogP contribution in [0.25, 0.3) is 24.3 Å².